The molecule has 0 atom stereocenters. The summed E-state index contributed by atoms with van der Waals surface area (Å²) in [4.78, 5) is 0. The van der Waals surface area contributed by atoms with Crippen molar-refractivity contribution in [2.45, 2.75) is 0 Å². The molecule has 1 heterocycles. The minimum atomic E-state index is 0.262. The van der Waals surface area contributed by atoms with Crippen molar-refractivity contribution in [1.82, 2.24) is 0 Å². The summed E-state index contributed by atoms with van der Waals surface area (Å²) in [5.41, 5.74) is 0. The molecule has 0 N–H and O–H groups in total. The van der Waals surface area contributed by atoms with Crippen LogP contribution in [0.15, 0.2) is 10.5 Å². The van der Waals surface area contributed by atoms with Gasteiger partial charge in [0.2, 0.25) is 12.5 Å². The lowest BCUT2D eigenvalue weighted by atomic mass is 10.3. The summed E-state index contributed by atoms with van der Waals surface area (Å²) in [6.07, 6.45) is 0. The molecule has 13 heavy (non-hydrogen) atoms. The molecular formula is C8H6BrIO3. The summed E-state index contributed by atoms with van der Waals surface area (Å²) in [5, 5.41) is 0. The molecule has 5 heteroatoms. The lowest BCUT2D eigenvalue weighted by Crippen LogP contribution is -1.94. The Morgan fingerprint density at radius 2 is 2.15 bits per heavy atom. The van der Waals surface area contributed by atoms with E-state index in [1.54, 1.807) is 7.11 Å². The van der Waals surface area contributed by atoms with Gasteiger partial charge in [-0.25, -0.2) is 0 Å². The zero-order valence-electron chi connectivity index (χ0n) is 6.77. The normalized spacial score (nSPS) is 13.2. The number of rotatable bonds is 1. The minimum absolute atomic E-state index is 0.262. The van der Waals surface area contributed by atoms with E-state index in [0.717, 1.165) is 13.8 Å². The van der Waals surface area contributed by atoms with Crippen molar-refractivity contribution in [3.63, 3.8) is 0 Å². The van der Waals surface area contributed by atoms with Crippen LogP contribution in [0.2, 0.25) is 0 Å². The van der Waals surface area contributed by atoms with Crippen LogP contribution in [-0.2, 0) is 0 Å². The summed E-state index contributed by atoms with van der Waals surface area (Å²) in [6, 6.07) is 1.94. The Morgan fingerprint density at radius 3 is 2.85 bits per heavy atom. The van der Waals surface area contributed by atoms with Gasteiger partial charge in [-0.1, -0.05) is 0 Å². The van der Waals surface area contributed by atoms with E-state index >= 15 is 0 Å². The summed E-state index contributed by atoms with van der Waals surface area (Å²) in [7, 11) is 1.61. The molecule has 0 radical (unpaired) electrons. The summed E-state index contributed by atoms with van der Waals surface area (Å²) in [5.74, 6) is 2.13. The number of ether oxygens (including phenoxy) is 3. The summed E-state index contributed by atoms with van der Waals surface area (Å²) < 4.78 is 17.7. The second-order valence-corrected chi connectivity index (χ2v) is 4.45. The van der Waals surface area contributed by atoms with Crippen molar-refractivity contribution in [2.24, 2.45) is 0 Å². The fourth-order valence-corrected chi connectivity index (χ4v) is 2.88. The Morgan fingerprint density at radius 1 is 1.46 bits per heavy atom. The molecule has 0 fully saturated rings. The van der Waals surface area contributed by atoms with Crippen LogP contribution in [0, 0.1) is 3.57 Å². The van der Waals surface area contributed by atoms with Gasteiger partial charge in [0.1, 0.15) is 0 Å². The van der Waals surface area contributed by atoms with Crippen molar-refractivity contribution < 1.29 is 14.2 Å². The van der Waals surface area contributed by atoms with Crippen LogP contribution in [0.3, 0.4) is 0 Å². The first-order valence-corrected chi connectivity index (χ1v) is 5.43. The number of benzene rings is 1. The van der Waals surface area contributed by atoms with Crippen molar-refractivity contribution in [1.29, 1.82) is 0 Å². The molecule has 1 aliphatic heterocycles. The zero-order valence-corrected chi connectivity index (χ0v) is 10.5. The van der Waals surface area contributed by atoms with Gasteiger partial charge in [0.15, 0.2) is 11.5 Å². The molecule has 0 aromatic heterocycles. The van der Waals surface area contributed by atoms with E-state index < -0.39 is 0 Å². The molecular weight excluding hydrogens is 351 g/mol. The lowest BCUT2D eigenvalue weighted by molar-refractivity contribution is 0.170. The fraction of sp³-hybridized carbons (Fsp3) is 0.250. The highest BCUT2D eigenvalue weighted by Gasteiger charge is 2.24. The van der Waals surface area contributed by atoms with Gasteiger partial charge < -0.3 is 14.2 Å². The first kappa shape index (κ1) is 9.39. The Hall–Kier alpha value is -0.170. The van der Waals surface area contributed by atoms with E-state index in [2.05, 4.69) is 38.5 Å². The van der Waals surface area contributed by atoms with Gasteiger partial charge in [-0.3, -0.25) is 0 Å². The minimum Gasteiger partial charge on any atom is -0.492 e. The quantitative estimate of drug-likeness (QED) is 0.724. The van der Waals surface area contributed by atoms with E-state index in [0.29, 0.717) is 11.5 Å². The molecule has 3 nitrogen and oxygen atoms in total. The summed E-state index contributed by atoms with van der Waals surface area (Å²) >= 11 is 5.59. The third-order valence-corrected chi connectivity index (χ3v) is 3.10. The fourth-order valence-electron chi connectivity index (χ4n) is 1.17. The highest BCUT2D eigenvalue weighted by Crippen LogP contribution is 2.47. The molecule has 0 amide bonds. The lowest BCUT2D eigenvalue weighted by Gasteiger charge is -2.07. The second-order valence-electron chi connectivity index (χ2n) is 2.44. The van der Waals surface area contributed by atoms with Crippen molar-refractivity contribution in [3.05, 3.63) is 14.1 Å². The topological polar surface area (TPSA) is 27.7 Å². The van der Waals surface area contributed by atoms with Gasteiger partial charge in [-0.15, -0.1) is 0 Å². The third-order valence-electron chi connectivity index (χ3n) is 1.71. The Bertz CT molecular complexity index is 354. The highest BCUT2D eigenvalue weighted by molar-refractivity contribution is 14.1. The highest BCUT2D eigenvalue weighted by atomic mass is 127. The van der Waals surface area contributed by atoms with Crippen LogP contribution in [0.4, 0.5) is 0 Å². The first-order valence-electron chi connectivity index (χ1n) is 3.55. The molecule has 0 saturated heterocycles. The predicted octanol–water partition coefficient (Wildman–Crippen LogP) is 2.79. The average Bonchev–Trinajstić information content (AvgIpc) is 2.53. The van der Waals surface area contributed by atoms with Crippen molar-refractivity contribution in [3.8, 4) is 17.2 Å². The zero-order chi connectivity index (χ0) is 9.42. The van der Waals surface area contributed by atoms with E-state index in [1.807, 2.05) is 6.07 Å². The molecule has 70 valence electrons. The first-order chi connectivity index (χ1) is 6.24. The van der Waals surface area contributed by atoms with Crippen LogP contribution in [0.5, 0.6) is 17.2 Å². The second kappa shape index (κ2) is 3.53. The van der Waals surface area contributed by atoms with Gasteiger partial charge in [0.05, 0.1) is 15.2 Å². The SMILES string of the molecule is COc1c(Br)cc(I)c2c1OCO2. The van der Waals surface area contributed by atoms with Gasteiger partial charge in [-0.05, 0) is 44.6 Å². The predicted molar refractivity (Wildman–Crippen MR) is 59.5 cm³/mol. The van der Waals surface area contributed by atoms with Gasteiger partial charge in [0.25, 0.3) is 0 Å². The Kier molecular flexibility index (Phi) is 2.55. The van der Waals surface area contributed by atoms with E-state index in [9.17, 15) is 0 Å². The number of fused-ring (bicyclic) bond motifs is 1. The molecule has 0 spiro atoms. The van der Waals surface area contributed by atoms with Crippen molar-refractivity contribution in [2.75, 3.05) is 13.9 Å². The average molecular weight is 357 g/mol. The van der Waals surface area contributed by atoms with Gasteiger partial charge in [0, 0.05) is 0 Å². The molecule has 2 rings (SSSR count). The number of halogens is 2. The maximum Gasteiger partial charge on any atom is 0.231 e. The molecule has 0 aliphatic carbocycles. The smallest absolute Gasteiger partial charge is 0.231 e. The number of methoxy groups -OCH3 is 1. The standard InChI is InChI=1S/C8H6BrIO3/c1-11-6-4(9)2-5(10)7-8(6)13-3-12-7/h2H,3H2,1H3. The largest absolute Gasteiger partial charge is 0.492 e. The van der Waals surface area contributed by atoms with Crippen molar-refractivity contribution >= 4 is 38.5 Å². The summed E-state index contributed by atoms with van der Waals surface area (Å²) in [6.45, 7) is 0.262. The molecule has 0 bridgehead atoms. The monoisotopic (exact) mass is 356 g/mol. The van der Waals surface area contributed by atoms with Crippen LogP contribution in [0.25, 0.3) is 0 Å². The molecule has 1 aromatic rings. The Balaban J connectivity index is 2.65. The van der Waals surface area contributed by atoms with Crippen LogP contribution in [0.1, 0.15) is 0 Å². The molecule has 1 aliphatic rings. The van der Waals surface area contributed by atoms with E-state index in [4.69, 9.17) is 14.2 Å². The molecule has 1 aromatic carbocycles. The Labute approximate surface area is 97.6 Å². The van der Waals surface area contributed by atoms with Crippen LogP contribution < -0.4 is 14.2 Å². The maximum atomic E-state index is 5.30. The van der Waals surface area contributed by atoms with Crippen LogP contribution >= 0.6 is 38.5 Å². The maximum absolute atomic E-state index is 5.30. The van der Waals surface area contributed by atoms with Gasteiger partial charge in [-0.2, -0.15) is 0 Å². The van der Waals surface area contributed by atoms with E-state index in [1.165, 1.54) is 0 Å². The third kappa shape index (κ3) is 1.48. The molecule has 0 unspecified atom stereocenters. The number of hydrogen-bond donors (Lipinski definition) is 0. The number of hydrogen-bond acceptors (Lipinski definition) is 3. The van der Waals surface area contributed by atoms with E-state index in [-0.39, 0.29) is 6.79 Å². The molecule has 0 saturated carbocycles. The van der Waals surface area contributed by atoms with Crippen LogP contribution in [-0.4, -0.2) is 13.9 Å². The van der Waals surface area contributed by atoms with Gasteiger partial charge >= 0.3 is 0 Å².